The average molecular weight is 160 g/mol. The van der Waals surface area contributed by atoms with E-state index in [0.29, 0.717) is 0 Å². The van der Waals surface area contributed by atoms with Crippen LogP contribution in [0.25, 0.3) is 0 Å². The van der Waals surface area contributed by atoms with E-state index in [1.165, 1.54) is 0 Å². The smallest absolute Gasteiger partial charge is 0.0587 e. The second-order valence-corrected chi connectivity index (χ2v) is 3.59. The summed E-state index contributed by atoms with van der Waals surface area (Å²) in [5.41, 5.74) is -0.296. The quantitative estimate of drug-likeness (QED) is 0.640. The molecule has 2 N–H and O–H groups in total. The monoisotopic (exact) mass is 160 g/mol. The molecule has 0 saturated carbocycles. The van der Waals surface area contributed by atoms with Crippen LogP contribution < -0.4 is 0 Å². The maximum absolute atomic E-state index is 9.34. The lowest BCUT2D eigenvalue weighted by Gasteiger charge is -2.30. The molecular formula is C9H20O2. The Kier molecular flexibility index (Phi) is 4.69. The molecule has 0 aliphatic carbocycles. The van der Waals surface area contributed by atoms with Crippen molar-refractivity contribution >= 4 is 0 Å². The van der Waals surface area contributed by atoms with Gasteiger partial charge in [-0.3, -0.25) is 0 Å². The van der Waals surface area contributed by atoms with Gasteiger partial charge in [0.1, 0.15) is 0 Å². The molecule has 0 aliphatic rings. The molecule has 11 heavy (non-hydrogen) atoms. The van der Waals surface area contributed by atoms with E-state index in [9.17, 15) is 5.11 Å². The minimum absolute atomic E-state index is 0.0741. The predicted molar refractivity (Wildman–Crippen MR) is 46.4 cm³/mol. The summed E-state index contributed by atoms with van der Waals surface area (Å²) in [6.45, 7) is 5.85. The molecule has 68 valence electrons. The zero-order chi connectivity index (χ0) is 8.91. The molecule has 0 radical (unpaired) electrons. The highest BCUT2D eigenvalue weighted by atomic mass is 16.3. The topological polar surface area (TPSA) is 40.5 Å². The third-order valence-electron chi connectivity index (χ3n) is 2.47. The zero-order valence-corrected chi connectivity index (χ0v) is 7.80. The molecule has 2 atom stereocenters. The fourth-order valence-corrected chi connectivity index (χ4v) is 1.00. The Balaban J connectivity index is 3.88. The molecule has 0 aromatic rings. The van der Waals surface area contributed by atoms with E-state index in [0.717, 1.165) is 19.3 Å². The van der Waals surface area contributed by atoms with Crippen LogP contribution in [0.15, 0.2) is 0 Å². The van der Waals surface area contributed by atoms with Gasteiger partial charge in [-0.15, -0.1) is 0 Å². The molecule has 0 amide bonds. The SMILES string of the molecule is CCCCC(C)(CO)C(C)O. The molecule has 0 saturated heterocycles. The summed E-state index contributed by atoms with van der Waals surface area (Å²) in [5.74, 6) is 0. The van der Waals surface area contributed by atoms with Crippen molar-refractivity contribution in [1.82, 2.24) is 0 Å². The van der Waals surface area contributed by atoms with E-state index in [2.05, 4.69) is 6.92 Å². The summed E-state index contributed by atoms with van der Waals surface area (Å²) < 4.78 is 0. The van der Waals surface area contributed by atoms with Crippen LogP contribution in [0.1, 0.15) is 40.0 Å². The molecule has 0 bridgehead atoms. The molecule has 0 rings (SSSR count). The van der Waals surface area contributed by atoms with Gasteiger partial charge in [-0.2, -0.15) is 0 Å². The van der Waals surface area contributed by atoms with E-state index >= 15 is 0 Å². The highest BCUT2D eigenvalue weighted by Crippen LogP contribution is 2.27. The minimum Gasteiger partial charge on any atom is -0.396 e. The maximum atomic E-state index is 9.34. The molecular weight excluding hydrogens is 140 g/mol. The molecule has 0 heterocycles. The molecule has 2 nitrogen and oxygen atoms in total. The molecule has 2 unspecified atom stereocenters. The largest absolute Gasteiger partial charge is 0.396 e. The van der Waals surface area contributed by atoms with E-state index in [1.807, 2.05) is 6.92 Å². The Morgan fingerprint density at radius 2 is 2.00 bits per heavy atom. The van der Waals surface area contributed by atoms with Gasteiger partial charge < -0.3 is 10.2 Å². The first-order valence-electron chi connectivity index (χ1n) is 4.35. The molecule has 0 aromatic carbocycles. The predicted octanol–water partition coefficient (Wildman–Crippen LogP) is 1.56. The van der Waals surface area contributed by atoms with Crippen molar-refractivity contribution < 1.29 is 10.2 Å². The van der Waals surface area contributed by atoms with Crippen molar-refractivity contribution in [1.29, 1.82) is 0 Å². The molecule has 0 aliphatic heterocycles. The Labute approximate surface area is 69.2 Å². The summed E-state index contributed by atoms with van der Waals surface area (Å²) in [4.78, 5) is 0. The second-order valence-electron chi connectivity index (χ2n) is 3.59. The van der Waals surface area contributed by atoms with Gasteiger partial charge in [0.15, 0.2) is 0 Å². The fraction of sp³-hybridized carbons (Fsp3) is 1.00. The van der Waals surface area contributed by atoms with Crippen molar-refractivity contribution in [2.24, 2.45) is 5.41 Å². The van der Waals surface area contributed by atoms with Gasteiger partial charge in [-0.1, -0.05) is 26.7 Å². The van der Waals surface area contributed by atoms with Gasteiger partial charge in [-0.05, 0) is 13.3 Å². The number of rotatable bonds is 5. The number of hydrogen-bond donors (Lipinski definition) is 2. The first kappa shape index (κ1) is 10.9. The van der Waals surface area contributed by atoms with Crippen LogP contribution in [-0.4, -0.2) is 22.9 Å². The van der Waals surface area contributed by atoms with Gasteiger partial charge in [0, 0.05) is 5.41 Å². The Bertz CT molecular complexity index is 102. The van der Waals surface area contributed by atoms with E-state index in [-0.39, 0.29) is 12.0 Å². The number of hydrogen-bond acceptors (Lipinski definition) is 2. The van der Waals surface area contributed by atoms with Crippen molar-refractivity contribution in [3.05, 3.63) is 0 Å². The first-order chi connectivity index (χ1) is 5.06. The Hall–Kier alpha value is -0.0800. The summed E-state index contributed by atoms with van der Waals surface area (Å²) in [6, 6.07) is 0. The number of aliphatic hydroxyl groups excluding tert-OH is 2. The van der Waals surface area contributed by atoms with Gasteiger partial charge in [0.05, 0.1) is 12.7 Å². The third kappa shape index (κ3) is 3.21. The lowest BCUT2D eigenvalue weighted by molar-refractivity contribution is -0.000757. The van der Waals surface area contributed by atoms with Crippen LogP contribution in [0.2, 0.25) is 0 Å². The summed E-state index contributed by atoms with van der Waals surface area (Å²) in [5, 5.41) is 18.4. The van der Waals surface area contributed by atoms with Crippen molar-refractivity contribution in [2.45, 2.75) is 46.1 Å². The minimum atomic E-state index is -0.418. The van der Waals surface area contributed by atoms with Crippen LogP contribution in [0, 0.1) is 5.41 Å². The van der Waals surface area contributed by atoms with Crippen LogP contribution in [0.3, 0.4) is 0 Å². The van der Waals surface area contributed by atoms with E-state index in [1.54, 1.807) is 6.92 Å². The Morgan fingerprint density at radius 1 is 1.45 bits per heavy atom. The fourth-order valence-electron chi connectivity index (χ4n) is 1.00. The lowest BCUT2D eigenvalue weighted by Crippen LogP contribution is -2.33. The molecule has 0 fully saturated rings. The summed E-state index contributed by atoms with van der Waals surface area (Å²) >= 11 is 0. The van der Waals surface area contributed by atoms with Crippen LogP contribution in [0.5, 0.6) is 0 Å². The van der Waals surface area contributed by atoms with Gasteiger partial charge >= 0.3 is 0 Å². The maximum Gasteiger partial charge on any atom is 0.0587 e. The molecule has 2 heteroatoms. The zero-order valence-electron chi connectivity index (χ0n) is 7.80. The summed E-state index contributed by atoms with van der Waals surface area (Å²) in [7, 11) is 0. The molecule has 0 spiro atoms. The third-order valence-corrected chi connectivity index (χ3v) is 2.47. The number of aliphatic hydroxyl groups is 2. The Morgan fingerprint density at radius 3 is 2.27 bits per heavy atom. The standard InChI is InChI=1S/C9H20O2/c1-4-5-6-9(3,7-10)8(2)11/h8,10-11H,4-7H2,1-3H3. The van der Waals surface area contributed by atoms with E-state index in [4.69, 9.17) is 5.11 Å². The normalized spacial score (nSPS) is 19.4. The highest BCUT2D eigenvalue weighted by Gasteiger charge is 2.28. The van der Waals surface area contributed by atoms with Crippen molar-refractivity contribution in [3.8, 4) is 0 Å². The van der Waals surface area contributed by atoms with Gasteiger partial charge in [-0.25, -0.2) is 0 Å². The lowest BCUT2D eigenvalue weighted by atomic mass is 9.81. The second kappa shape index (κ2) is 4.73. The van der Waals surface area contributed by atoms with E-state index < -0.39 is 6.10 Å². The average Bonchev–Trinajstić information content (AvgIpc) is 2.00. The highest BCUT2D eigenvalue weighted by molar-refractivity contribution is 4.78. The van der Waals surface area contributed by atoms with Crippen molar-refractivity contribution in [3.63, 3.8) is 0 Å². The van der Waals surface area contributed by atoms with Crippen LogP contribution in [-0.2, 0) is 0 Å². The van der Waals surface area contributed by atoms with Crippen LogP contribution in [0.4, 0.5) is 0 Å². The summed E-state index contributed by atoms with van der Waals surface area (Å²) in [6.07, 6.45) is 2.67. The molecule has 0 aromatic heterocycles. The van der Waals surface area contributed by atoms with Gasteiger partial charge in [0.25, 0.3) is 0 Å². The van der Waals surface area contributed by atoms with Gasteiger partial charge in [0.2, 0.25) is 0 Å². The van der Waals surface area contributed by atoms with Crippen LogP contribution >= 0.6 is 0 Å². The first-order valence-corrected chi connectivity index (χ1v) is 4.35. The number of unbranched alkanes of at least 4 members (excludes halogenated alkanes) is 1. The van der Waals surface area contributed by atoms with Crippen molar-refractivity contribution in [2.75, 3.05) is 6.61 Å².